The van der Waals surface area contributed by atoms with E-state index in [1.54, 1.807) is 19.0 Å². The molecule has 2 rings (SSSR count). The van der Waals surface area contributed by atoms with Crippen molar-refractivity contribution in [2.75, 3.05) is 40.3 Å². The fourth-order valence-electron chi connectivity index (χ4n) is 3.82. The largest absolute Gasteiger partial charge is 0.356 e. The molecule has 1 amide bonds. The lowest BCUT2D eigenvalue weighted by molar-refractivity contribution is -0.127. The van der Waals surface area contributed by atoms with Crippen LogP contribution in [0, 0.1) is 0 Å². The third-order valence-corrected chi connectivity index (χ3v) is 5.69. The summed E-state index contributed by atoms with van der Waals surface area (Å²) in [4.78, 5) is 20.6. The molecule has 0 bridgehead atoms. The molecule has 0 aromatic rings. The zero-order valence-electron chi connectivity index (χ0n) is 17.1. The summed E-state index contributed by atoms with van der Waals surface area (Å²) in [5, 5.41) is 7.03. The van der Waals surface area contributed by atoms with Gasteiger partial charge in [0, 0.05) is 32.7 Å². The van der Waals surface area contributed by atoms with E-state index < -0.39 is 0 Å². The Balaban J connectivity index is 1.81. The number of carbonyl (C=O) groups excluding carboxylic acids is 1. The summed E-state index contributed by atoms with van der Waals surface area (Å²) < 4.78 is 0. The standard InChI is InChI=1S/C20H39N5O/c1-17(25-14-8-5-9-15-25)12-13-21-20(22-16-19(26)24(2)3)23-18-10-6-4-7-11-18/h17-18H,4-16H2,1-3H3,(H2,21,22,23). The Hall–Kier alpha value is -1.30. The van der Waals surface area contributed by atoms with E-state index in [9.17, 15) is 4.79 Å². The molecule has 6 heteroatoms. The maximum absolute atomic E-state index is 11.9. The van der Waals surface area contributed by atoms with Crippen LogP contribution in [0.4, 0.5) is 0 Å². The van der Waals surface area contributed by atoms with Crippen LogP contribution in [0.3, 0.4) is 0 Å². The van der Waals surface area contributed by atoms with Gasteiger partial charge in [-0.05, 0) is 52.1 Å². The van der Waals surface area contributed by atoms with Crippen LogP contribution in [0.1, 0.15) is 64.7 Å². The van der Waals surface area contributed by atoms with Crippen molar-refractivity contribution < 1.29 is 4.79 Å². The van der Waals surface area contributed by atoms with Gasteiger partial charge in [-0.3, -0.25) is 4.79 Å². The van der Waals surface area contributed by atoms with Crippen molar-refractivity contribution in [3.63, 3.8) is 0 Å². The number of aliphatic imine (C=N–C) groups is 1. The monoisotopic (exact) mass is 365 g/mol. The molecule has 1 aliphatic heterocycles. The second-order valence-electron chi connectivity index (χ2n) is 8.09. The molecule has 6 nitrogen and oxygen atoms in total. The molecule has 0 aromatic carbocycles. The molecular weight excluding hydrogens is 326 g/mol. The summed E-state index contributed by atoms with van der Waals surface area (Å²) >= 11 is 0. The Morgan fingerprint density at radius 1 is 1.12 bits per heavy atom. The summed E-state index contributed by atoms with van der Waals surface area (Å²) in [5.41, 5.74) is 0. The quantitative estimate of drug-likeness (QED) is 0.536. The highest BCUT2D eigenvalue weighted by molar-refractivity contribution is 5.84. The number of amides is 1. The van der Waals surface area contributed by atoms with Crippen LogP contribution >= 0.6 is 0 Å². The second kappa shape index (κ2) is 11.4. The normalized spacial score (nSPS) is 21.3. The third-order valence-electron chi connectivity index (χ3n) is 5.69. The number of rotatable bonds is 7. The maximum Gasteiger partial charge on any atom is 0.243 e. The van der Waals surface area contributed by atoms with Gasteiger partial charge < -0.3 is 20.4 Å². The number of nitrogens with zero attached hydrogens (tertiary/aromatic N) is 3. The Kier molecular flexibility index (Phi) is 9.23. The van der Waals surface area contributed by atoms with Crippen LogP contribution in [0.5, 0.6) is 0 Å². The van der Waals surface area contributed by atoms with Crippen molar-refractivity contribution in [1.82, 2.24) is 20.4 Å². The van der Waals surface area contributed by atoms with E-state index in [0.29, 0.717) is 12.1 Å². The molecule has 1 saturated carbocycles. The lowest BCUT2D eigenvalue weighted by Crippen LogP contribution is -2.46. The van der Waals surface area contributed by atoms with Crippen LogP contribution in [0.25, 0.3) is 0 Å². The Morgan fingerprint density at radius 2 is 1.77 bits per heavy atom. The first-order chi connectivity index (χ1) is 12.6. The zero-order valence-corrected chi connectivity index (χ0v) is 17.1. The SMILES string of the molecule is CC(CCNC(=NCC(=O)N(C)C)NC1CCCCC1)N1CCCCC1. The number of guanidine groups is 1. The molecule has 1 atom stereocenters. The van der Waals surface area contributed by atoms with E-state index >= 15 is 0 Å². The topological polar surface area (TPSA) is 60.0 Å². The van der Waals surface area contributed by atoms with Crippen LogP contribution in [0.15, 0.2) is 4.99 Å². The predicted molar refractivity (Wildman–Crippen MR) is 109 cm³/mol. The van der Waals surface area contributed by atoms with Crippen LogP contribution < -0.4 is 10.6 Å². The van der Waals surface area contributed by atoms with Crippen molar-refractivity contribution in [1.29, 1.82) is 0 Å². The molecule has 26 heavy (non-hydrogen) atoms. The lowest BCUT2D eigenvalue weighted by Gasteiger charge is -2.32. The number of nitrogens with one attached hydrogen (secondary N) is 2. The minimum atomic E-state index is 0.0384. The summed E-state index contributed by atoms with van der Waals surface area (Å²) in [6.45, 7) is 5.90. The van der Waals surface area contributed by atoms with Gasteiger partial charge in [0.25, 0.3) is 0 Å². The minimum absolute atomic E-state index is 0.0384. The van der Waals surface area contributed by atoms with Gasteiger partial charge >= 0.3 is 0 Å². The fraction of sp³-hybridized carbons (Fsp3) is 0.900. The summed E-state index contributed by atoms with van der Waals surface area (Å²) in [6, 6.07) is 1.09. The van der Waals surface area contributed by atoms with E-state index in [2.05, 4.69) is 27.4 Å². The van der Waals surface area contributed by atoms with E-state index in [1.807, 2.05) is 0 Å². The van der Waals surface area contributed by atoms with Gasteiger partial charge in [-0.25, -0.2) is 4.99 Å². The Bertz CT molecular complexity index is 439. The van der Waals surface area contributed by atoms with Crippen molar-refractivity contribution in [2.45, 2.75) is 76.8 Å². The Labute approximate surface area is 159 Å². The minimum Gasteiger partial charge on any atom is -0.356 e. The molecule has 150 valence electrons. The molecule has 2 fully saturated rings. The fourth-order valence-corrected chi connectivity index (χ4v) is 3.82. The summed E-state index contributed by atoms with van der Waals surface area (Å²) in [7, 11) is 3.56. The van der Waals surface area contributed by atoms with Gasteiger partial charge in [-0.2, -0.15) is 0 Å². The van der Waals surface area contributed by atoms with Gasteiger partial charge in [0.05, 0.1) is 0 Å². The van der Waals surface area contributed by atoms with E-state index in [1.165, 1.54) is 64.5 Å². The highest BCUT2D eigenvalue weighted by Gasteiger charge is 2.18. The Morgan fingerprint density at radius 3 is 2.42 bits per heavy atom. The number of hydrogen-bond acceptors (Lipinski definition) is 3. The summed E-state index contributed by atoms with van der Waals surface area (Å²) in [5.74, 6) is 0.842. The first-order valence-corrected chi connectivity index (χ1v) is 10.6. The first-order valence-electron chi connectivity index (χ1n) is 10.6. The molecule has 1 unspecified atom stereocenters. The number of carbonyl (C=O) groups is 1. The molecule has 2 N–H and O–H groups in total. The number of likely N-dealkylation sites (tertiary alicyclic amines) is 1. The number of piperidine rings is 1. The molecule has 0 spiro atoms. The van der Waals surface area contributed by atoms with Crippen LogP contribution in [-0.4, -0.2) is 74.0 Å². The smallest absolute Gasteiger partial charge is 0.243 e. The van der Waals surface area contributed by atoms with Crippen molar-refractivity contribution >= 4 is 11.9 Å². The number of likely N-dealkylation sites (N-methyl/N-ethyl adjacent to an activating group) is 1. The molecule has 0 radical (unpaired) electrons. The van der Waals surface area contributed by atoms with Gasteiger partial charge in [0.2, 0.25) is 5.91 Å². The van der Waals surface area contributed by atoms with Crippen molar-refractivity contribution in [3.8, 4) is 0 Å². The molecular formula is C20H39N5O. The average molecular weight is 366 g/mol. The second-order valence-corrected chi connectivity index (χ2v) is 8.09. The molecule has 1 heterocycles. The number of hydrogen-bond donors (Lipinski definition) is 2. The third kappa shape index (κ3) is 7.52. The highest BCUT2D eigenvalue weighted by Crippen LogP contribution is 2.17. The lowest BCUT2D eigenvalue weighted by atomic mass is 9.96. The molecule has 0 aromatic heterocycles. The predicted octanol–water partition coefficient (Wildman–Crippen LogP) is 2.21. The summed E-state index contributed by atoms with van der Waals surface area (Å²) in [6.07, 6.45) is 11.5. The van der Waals surface area contributed by atoms with Gasteiger partial charge in [0.1, 0.15) is 6.54 Å². The maximum atomic E-state index is 11.9. The highest BCUT2D eigenvalue weighted by atomic mass is 16.2. The van der Waals surface area contributed by atoms with Crippen LogP contribution in [-0.2, 0) is 4.79 Å². The van der Waals surface area contributed by atoms with Crippen molar-refractivity contribution in [3.05, 3.63) is 0 Å². The molecule has 2 aliphatic rings. The molecule has 1 aliphatic carbocycles. The molecule has 1 saturated heterocycles. The van der Waals surface area contributed by atoms with E-state index in [4.69, 9.17) is 0 Å². The van der Waals surface area contributed by atoms with Crippen LogP contribution in [0.2, 0.25) is 0 Å². The van der Waals surface area contributed by atoms with Gasteiger partial charge in [0.15, 0.2) is 5.96 Å². The average Bonchev–Trinajstić information content (AvgIpc) is 2.67. The first kappa shape index (κ1) is 21.0. The van der Waals surface area contributed by atoms with Crippen molar-refractivity contribution in [2.24, 2.45) is 4.99 Å². The zero-order chi connectivity index (χ0) is 18.8. The van der Waals surface area contributed by atoms with E-state index in [-0.39, 0.29) is 12.5 Å². The van der Waals surface area contributed by atoms with E-state index in [0.717, 1.165) is 18.9 Å². The van der Waals surface area contributed by atoms with Gasteiger partial charge in [-0.15, -0.1) is 0 Å². The van der Waals surface area contributed by atoms with Gasteiger partial charge in [-0.1, -0.05) is 25.7 Å².